The molecule has 0 aliphatic heterocycles. The minimum Gasteiger partial charge on any atom is -0.383 e. The predicted molar refractivity (Wildman–Crippen MR) is 69.2 cm³/mol. The van der Waals surface area contributed by atoms with Crippen LogP contribution in [0.3, 0.4) is 0 Å². The number of carbonyl (C=O) groups is 2. The van der Waals surface area contributed by atoms with Crippen LogP contribution in [0.4, 0.5) is 5.69 Å². The molecule has 18 heavy (non-hydrogen) atoms. The van der Waals surface area contributed by atoms with E-state index in [9.17, 15) is 9.59 Å². The van der Waals surface area contributed by atoms with E-state index < -0.39 is 0 Å². The number of nitrogens with zero attached hydrogens (tertiary/aromatic N) is 1. The predicted octanol–water partition coefficient (Wildman–Crippen LogP) is 0.509. The molecule has 1 heterocycles. The molecule has 0 saturated carbocycles. The number of hydrogen-bond acceptors (Lipinski definition) is 4. The van der Waals surface area contributed by atoms with E-state index in [4.69, 9.17) is 5.73 Å². The highest BCUT2D eigenvalue weighted by Crippen LogP contribution is 2.12. The minimum absolute atomic E-state index is 0.183. The van der Waals surface area contributed by atoms with Crippen molar-refractivity contribution in [1.82, 2.24) is 10.3 Å². The number of aromatic nitrogens is 1. The standard InChI is InChI=1S/C12H18N4O2/c1-2-15-10-8-14-7-5-9(10)12(18)16-6-3-4-11(13)17/h5,7-8,15H,2-4,6H2,1H3,(H2,13,17)(H,16,18). The van der Waals surface area contributed by atoms with E-state index in [1.807, 2.05) is 6.92 Å². The lowest BCUT2D eigenvalue weighted by atomic mass is 10.2. The summed E-state index contributed by atoms with van der Waals surface area (Å²) in [5.41, 5.74) is 6.26. The van der Waals surface area contributed by atoms with Gasteiger partial charge >= 0.3 is 0 Å². The molecule has 0 radical (unpaired) electrons. The fraction of sp³-hybridized carbons (Fsp3) is 0.417. The Morgan fingerprint density at radius 3 is 2.89 bits per heavy atom. The number of nitrogens with one attached hydrogen (secondary N) is 2. The normalized spacial score (nSPS) is 9.83. The van der Waals surface area contributed by atoms with Crippen molar-refractivity contribution < 1.29 is 9.59 Å². The summed E-state index contributed by atoms with van der Waals surface area (Å²) < 4.78 is 0. The van der Waals surface area contributed by atoms with Crippen molar-refractivity contribution in [2.75, 3.05) is 18.4 Å². The number of primary amides is 1. The zero-order valence-electron chi connectivity index (χ0n) is 10.4. The molecule has 98 valence electrons. The highest BCUT2D eigenvalue weighted by molar-refractivity contribution is 5.99. The first-order chi connectivity index (χ1) is 8.65. The second-order valence-electron chi connectivity index (χ2n) is 3.78. The summed E-state index contributed by atoms with van der Waals surface area (Å²) in [4.78, 5) is 26.4. The zero-order chi connectivity index (χ0) is 13.4. The van der Waals surface area contributed by atoms with Gasteiger partial charge in [-0.25, -0.2) is 0 Å². The van der Waals surface area contributed by atoms with Gasteiger partial charge in [-0.1, -0.05) is 0 Å². The maximum Gasteiger partial charge on any atom is 0.253 e. The van der Waals surface area contributed by atoms with Crippen molar-refractivity contribution in [3.63, 3.8) is 0 Å². The summed E-state index contributed by atoms with van der Waals surface area (Å²) in [6.45, 7) is 3.09. The number of amides is 2. The molecule has 0 aliphatic rings. The minimum atomic E-state index is -0.360. The average molecular weight is 250 g/mol. The second-order valence-corrected chi connectivity index (χ2v) is 3.78. The Labute approximate surface area is 106 Å². The van der Waals surface area contributed by atoms with Crippen LogP contribution in [0.2, 0.25) is 0 Å². The van der Waals surface area contributed by atoms with Crippen molar-refractivity contribution in [2.24, 2.45) is 5.73 Å². The highest BCUT2D eigenvalue weighted by atomic mass is 16.2. The van der Waals surface area contributed by atoms with E-state index in [0.717, 1.165) is 0 Å². The monoisotopic (exact) mass is 250 g/mol. The Hall–Kier alpha value is -2.11. The van der Waals surface area contributed by atoms with Crippen LogP contribution in [0.1, 0.15) is 30.1 Å². The fourth-order valence-electron chi connectivity index (χ4n) is 1.48. The van der Waals surface area contributed by atoms with Gasteiger partial charge in [0.25, 0.3) is 5.91 Å². The molecular formula is C12H18N4O2. The van der Waals surface area contributed by atoms with Gasteiger partial charge in [0.05, 0.1) is 17.4 Å². The summed E-state index contributed by atoms with van der Waals surface area (Å²) in [5, 5.41) is 5.81. The molecule has 0 aromatic carbocycles. The van der Waals surface area contributed by atoms with Gasteiger partial charge in [0.2, 0.25) is 5.91 Å². The quantitative estimate of drug-likeness (QED) is 0.614. The van der Waals surface area contributed by atoms with E-state index in [1.165, 1.54) is 0 Å². The van der Waals surface area contributed by atoms with Gasteiger partial charge in [-0.05, 0) is 19.4 Å². The van der Waals surface area contributed by atoms with E-state index in [1.54, 1.807) is 18.5 Å². The third-order valence-corrected chi connectivity index (χ3v) is 2.32. The van der Waals surface area contributed by atoms with Gasteiger partial charge in [0, 0.05) is 25.7 Å². The number of anilines is 1. The Bertz CT molecular complexity index is 420. The third kappa shape index (κ3) is 4.40. The van der Waals surface area contributed by atoms with Gasteiger partial charge in [-0.3, -0.25) is 14.6 Å². The molecule has 1 rings (SSSR count). The van der Waals surface area contributed by atoms with Crippen molar-refractivity contribution in [3.8, 4) is 0 Å². The first-order valence-electron chi connectivity index (χ1n) is 5.89. The molecule has 0 bridgehead atoms. The molecule has 0 spiro atoms. The maximum absolute atomic E-state index is 11.9. The Morgan fingerprint density at radius 2 is 2.22 bits per heavy atom. The smallest absolute Gasteiger partial charge is 0.253 e. The zero-order valence-corrected chi connectivity index (χ0v) is 10.4. The summed E-state index contributed by atoms with van der Waals surface area (Å²) >= 11 is 0. The molecule has 0 unspecified atom stereocenters. The highest BCUT2D eigenvalue weighted by Gasteiger charge is 2.10. The van der Waals surface area contributed by atoms with Crippen LogP contribution in [-0.4, -0.2) is 29.9 Å². The molecule has 0 saturated heterocycles. The summed E-state index contributed by atoms with van der Waals surface area (Å²) in [5.74, 6) is -0.542. The van der Waals surface area contributed by atoms with Crippen molar-refractivity contribution in [1.29, 1.82) is 0 Å². The van der Waals surface area contributed by atoms with Crippen LogP contribution in [0.15, 0.2) is 18.5 Å². The van der Waals surface area contributed by atoms with Gasteiger partial charge in [0.1, 0.15) is 0 Å². The first-order valence-corrected chi connectivity index (χ1v) is 5.89. The van der Waals surface area contributed by atoms with Crippen molar-refractivity contribution >= 4 is 17.5 Å². The van der Waals surface area contributed by atoms with Gasteiger partial charge in [-0.15, -0.1) is 0 Å². The number of pyridine rings is 1. The van der Waals surface area contributed by atoms with Crippen LogP contribution in [0, 0.1) is 0 Å². The average Bonchev–Trinajstić information content (AvgIpc) is 2.35. The second kappa shape index (κ2) is 7.26. The summed E-state index contributed by atoms with van der Waals surface area (Å²) in [6.07, 6.45) is 4.00. The van der Waals surface area contributed by atoms with Crippen LogP contribution in [0.5, 0.6) is 0 Å². The van der Waals surface area contributed by atoms with Crippen LogP contribution >= 0.6 is 0 Å². The van der Waals surface area contributed by atoms with E-state index in [2.05, 4.69) is 15.6 Å². The lowest BCUT2D eigenvalue weighted by Crippen LogP contribution is -2.26. The Morgan fingerprint density at radius 1 is 1.44 bits per heavy atom. The lowest BCUT2D eigenvalue weighted by molar-refractivity contribution is -0.118. The van der Waals surface area contributed by atoms with Crippen LogP contribution < -0.4 is 16.4 Å². The fourth-order valence-corrected chi connectivity index (χ4v) is 1.48. The van der Waals surface area contributed by atoms with Crippen LogP contribution in [0.25, 0.3) is 0 Å². The molecule has 1 aromatic heterocycles. The van der Waals surface area contributed by atoms with E-state index >= 15 is 0 Å². The van der Waals surface area contributed by atoms with Crippen LogP contribution in [-0.2, 0) is 4.79 Å². The van der Waals surface area contributed by atoms with Gasteiger partial charge in [0.15, 0.2) is 0 Å². The largest absolute Gasteiger partial charge is 0.383 e. The van der Waals surface area contributed by atoms with Gasteiger partial charge < -0.3 is 16.4 Å². The topological polar surface area (TPSA) is 97.1 Å². The molecule has 1 aromatic rings. The molecular weight excluding hydrogens is 232 g/mol. The molecule has 2 amide bonds. The van der Waals surface area contributed by atoms with Crippen molar-refractivity contribution in [2.45, 2.75) is 19.8 Å². The Balaban J connectivity index is 2.53. The number of hydrogen-bond donors (Lipinski definition) is 3. The number of carbonyl (C=O) groups excluding carboxylic acids is 2. The molecule has 6 heteroatoms. The number of nitrogens with two attached hydrogens (primary N) is 1. The molecule has 0 fully saturated rings. The summed E-state index contributed by atoms with van der Waals surface area (Å²) in [7, 11) is 0. The van der Waals surface area contributed by atoms with E-state index in [0.29, 0.717) is 30.8 Å². The van der Waals surface area contributed by atoms with E-state index in [-0.39, 0.29) is 18.2 Å². The van der Waals surface area contributed by atoms with Gasteiger partial charge in [-0.2, -0.15) is 0 Å². The van der Waals surface area contributed by atoms with Crippen molar-refractivity contribution in [3.05, 3.63) is 24.0 Å². The molecule has 4 N–H and O–H groups in total. The maximum atomic E-state index is 11.9. The SMILES string of the molecule is CCNc1cnccc1C(=O)NCCCC(N)=O. The number of rotatable bonds is 7. The molecule has 6 nitrogen and oxygen atoms in total. The molecule has 0 aliphatic carbocycles. The summed E-state index contributed by atoms with van der Waals surface area (Å²) in [6, 6.07) is 1.65. The third-order valence-electron chi connectivity index (χ3n) is 2.32. The Kier molecular flexibility index (Phi) is 5.63. The first kappa shape index (κ1) is 14.0. The lowest BCUT2D eigenvalue weighted by Gasteiger charge is -2.10. The molecule has 0 atom stereocenters.